The smallest absolute Gasteiger partial charge is 0.0363 e. The molecule has 1 fully saturated rings. The highest BCUT2D eigenvalue weighted by atomic mass is 32.2. The van der Waals surface area contributed by atoms with E-state index in [1.54, 1.807) is 4.24 Å². The van der Waals surface area contributed by atoms with Crippen LogP contribution in [0.3, 0.4) is 0 Å². The van der Waals surface area contributed by atoms with Gasteiger partial charge in [0.25, 0.3) is 0 Å². The van der Waals surface area contributed by atoms with Crippen molar-refractivity contribution < 1.29 is 0 Å². The number of rotatable bonds is 2. The fourth-order valence-electron chi connectivity index (χ4n) is 1.69. The summed E-state index contributed by atoms with van der Waals surface area (Å²) in [4.78, 5) is 0. The predicted molar refractivity (Wildman–Crippen MR) is 70.9 cm³/mol. The van der Waals surface area contributed by atoms with E-state index in [2.05, 4.69) is 33.8 Å². The van der Waals surface area contributed by atoms with Gasteiger partial charge in [0.15, 0.2) is 0 Å². The summed E-state index contributed by atoms with van der Waals surface area (Å²) in [6.07, 6.45) is 5.14. The van der Waals surface area contributed by atoms with Gasteiger partial charge in [0.05, 0.1) is 0 Å². The van der Waals surface area contributed by atoms with Crippen LogP contribution in [0.25, 0.3) is 0 Å². The van der Waals surface area contributed by atoms with Crippen LogP contribution in [0.4, 0.5) is 0 Å². The van der Waals surface area contributed by atoms with Gasteiger partial charge in [-0.1, -0.05) is 33.8 Å². The molecule has 1 saturated heterocycles. The van der Waals surface area contributed by atoms with Crippen LogP contribution in [0.2, 0.25) is 0 Å². The second-order valence-corrected chi connectivity index (χ2v) is 7.45. The zero-order valence-electron chi connectivity index (χ0n) is 9.80. The van der Waals surface area contributed by atoms with Gasteiger partial charge in [0.2, 0.25) is 0 Å². The van der Waals surface area contributed by atoms with Gasteiger partial charge in [-0.3, -0.25) is 0 Å². The average Bonchev–Trinajstić information content (AvgIpc) is 2.14. The summed E-state index contributed by atoms with van der Waals surface area (Å²) in [5, 5.41) is 0. The molecule has 1 aliphatic rings. The Hall–Kier alpha value is 0.440. The molecular formula is C12H22S2. The molecule has 82 valence electrons. The van der Waals surface area contributed by atoms with E-state index in [-0.39, 0.29) is 0 Å². The standard InChI is InChI=1S/C12H22S2/c1-5-10(12(2,3)4)9-11-13-7-6-8-14-11/h9-10H,5-8H2,1-4H3. The summed E-state index contributed by atoms with van der Waals surface area (Å²) >= 11 is 4.09. The summed E-state index contributed by atoms with van der Waals surface area (Å²) in [6, 6.07) is 0. The molecule has 1 unspecified atom stereocenters. The van der Waals surface area contributed by atoms with Crippen molar-refractivity contribution in [2.24, 2.45) is 11.3 Å². The van der Waals surface area contributed by atoms with E-state index < -0.39 is 0 Å². The quantitative estimate of drug-likeness (QED) is 0.670. The van der Waals surface area contributed by atoms with Gasteiger partial charge >= 0.3 is 0 Å². The van der Waals surface area contributed by atoms with E-state index in [0.29, 0.717) is 5.41 Å². The normalized spacial score (nSPS) is 20.7. The highest BCUT2D eigenvalue weighted by Gasteiger charge is 2.22. The van der Waals surface area contributed by atoms with Gasteiger partial charge in [0.1, 0.15) is 0 Å². The maximum Gasteiger partial charge on any atom is 0.0363 e. The summed E-state index contributed by atoms with van der Waals surface area (Å²) < 4.78 is 1.57. The summed E-state index contributed by atoms with van der Waals surface area (Å²) in [6.45, 7) is 9.33. The van der Waals surface area contributed by atoms with Crippen molar-refractivity contribution in [1.82, 2.24) is 0 Å². The monoisotopic (exact) mass is 230 g/mol. The molecule has 1 atom stereocenters. The molecule has 0 aromatic heterocycles. The Morgan fingerprint density at radius 2 is 1.86 bits per heavy atom. The molecule has 1 aliphatic heterocycles. The maximum absolute atomic E-state index is 2.51. The van der Waals surface area contributed by atoms with E-state index in [0.717, 1.165) is 5.92 Å². The fraction of sp³-hybridized carbons (Fsp3) is 0.833. The zero-order chi connectivity index (χ0) is 10.6. The molecule has 14 heavy (non-hydrogen) atoms. The molecule has 0 nitrogen and oxygen atoms in total. The molecule has 2 heteroatoms. The van der Waals surface area contributed by atoms with Gasteiger partial charge in [-0.2, -0.15) is 0 Å². The molecule has 0 saturated carbocycles. The Kier molecular flexibility index (Phi) is 4.92. The Bertz CT molecular complexity index is 193. The topological polar surface area (TPSA) is 0 Å². The number of allylic oxidation sites excluding steroid dienone is 1. The minimum absolute atomic E-state index is 0.417. The second kappa shape index (κ2) is 5.50. The van der Waals surface area contributed by atoms with E-state index >= 15 is 0 Å². The third-order valence-electron chi connectivity index (χ3n) is 2.67. The third-order valence-corrected chi connectivity index (χ3v) is 5.20. The molecule has 0 amide bonds. The molecule has 0 aromatic carbocycles. The lowest BCUT2D eigenvalue weighted by molar-refractivity contribution is 0.286. The lowest BCUT2D eigenvalue weighted by Gasteiger charge is -2.28. The molecule has 1 heterocycles. The first-order valence-electron chi connectivity index (χ1n) is 5.51. The lowest BCUT2D eigenvalue weighted by Crippen LogP contribution is -2.17. The van der Waals surface area contributed by atoms with Gasteiger partial charge in [0, 0.05) is 4.24 Å². The van der Waals surface area contributed by atoms with Crippen molar-refractivity contribution in [3.63, 3.8) is 0 Å². The number of hydrogen-bond acceptors (Lipinski definition) is 2. The van der Waals surface area contributed by atoms with Crippen LogP contribution < -0.4 is 0 Å². The van der Waals surface area contributed by atoms with Gasteiger partial charge < -0.3 is 0 Å². The Balaban J connectivity index is 2.61. The molecule has 0 aliphatic carbocycles. The number of hydrogen-bond donors (Lipinski definition) is 0. The SMILES string of the molecule is CCC(C=C1SCCCS1)C(C)(C)C. The molecule has 0 spiro atoms. The lowest BCUT2D eigenvalue weighted by atomic mass is 9.79. The van der Waals surface area contributed by atoms with Crippen LogP contribution in [0.5, 0.6) is 0 Å². The van der Waals surface area contributed by atoms with Crippen molar-refractivity contribution >= 4 is 23.5 Å². The van der Waals surface area contributed by atoms with Crippen LogP contribution in [-0.4, -0.2) is 11.5 Å². The second-order valence-electron chi connectivity index (χ2n) is 4.92. The van der Waals surface area contributed by atoms with Crippen molar-refractivity contribution in [2.45, 2.75) is 40.5 Å². The van der Waals surface area contributed by atoms with Gasteiger partial charge in [-0.15, -0.1) is 23.5 Å². The van der Waals surface area contributed by atoms with Gasteiger partial charge in [-0.05, 0) is 35.7 Å². The molecular weight excluding hydrogens is 208 g/mol. The first-order chi connectivity index (χ1) is 6.54. The summed E-state index contributed by atoms with van der Waals surface area (Å²) in [5.41, 5.74) is 0.417. The third kappa shape index (κ3) is 3.90. The van der Waals surface area contributed by atoms with E-state index in [9.17, 15) is 0 Å². The van der Waals surface area contributed by atoms with E-state index in [1.807, 2.05) is 23.5 Å². The van der Waals surface area contributed by atoms with Crippen molar-refractivity contribution in [2.75, 3.05) is 11.5 Å². The first kappa shape index (κ1) is 12.5. The molecule has 1 rings (SSSR count). The van der Waals surface area contributed by atoms with Crippen LogP contribution in [0, 0.1) is 11.3 Å². The fourth-order valence-corrected chi connectivity index (χ4v) is 4.20. The Morgan fingerprint density at radius 3 is 2.29 bits per heavy atom. The van der Waals surface area contributed by atoms with Crippen LogP contribution in [0.1, 0.15) is 40.5 Å². The van der Waals surface area contributed by atoms with E-state index in [4.69, 9.17) is 0 Å². The minimum Gasteiger partial charge on any atom is -0.120 e. The van der Waals surface area contributed by atoms with Crippen molar-refractivity contribution in [3.8, 4) is 0 Å². The molecule has 0 N–H and O–H groups in total. The Morgan fingerprint density at radius 1 is 1.29 bits per heavy atom. The maximum atomic E-state index is 2.51. The summed E-state index contributed by atoms with van der Waals surface area (Å²) in [7, 11) is 0. The average molecular weight is 230 g/mol. The minimum atomic E-state index is 0.417. The molecule has 0 bridgehead atoms. The van der Waals surface area contributed by atoms with Crippen molar-refractivity contribution in [1.29, 1.82) is 0 Å². The van der Waals surface area contributed by atoms with Crippen LogP contribution in [0.15, 0.2) is 10.3 Å². The molecule has 0 aromatic rings. The van der Waals surface area contributed by atoms with Crippen LogP contribution >= 0.6 is 23.5 Å². The highest BCUT2D eigenvalue weighted by molar-refractivity contribution is 8.22. The van der Waals surface area contributed by atoms with Crippen molar-refractivity contribution in [3.05, 3.63) is 10.3 Å². The van der Waals surface area contributed by atoms with E-state index in [1.165, 1.54) is 24.3 Å². The zero-order valence-corrected chi connectivity index (χ0v) is 11.4. The largest absolute Gasteiger partial charge is 0.120 e. The molecule has 0 radical (unpaired) electrons. The summed E-state index contributed by atoms with van der Waals surface area (Å²) in [5.74, 6) is 3.37. The number of thioether (sulfide) groups is 2. The van der Waals surface area contributed by atoms with Crippen LogP contribution in [-0.2, 0) is 0 Å². The predicted octanol–water partition coefficient (Wildman–Crippen LogP) is 4.77. The first-order valence-corrected chi connectivity index (χ1v) is 7.48. The van der Waals surface area contributed by atoms with Gasteiger partial charge in [-0.25, -0.2) is 0 Å². The highest BCUT2D eigenvalue weighted by Crippen LogP contribution is 2.39. The Labute approximate surface area is 97.3 Å².